The highest BCUT2D eigenvalue weighted by Crippen LogP contribution is 2.39. The van der Waals surface area contributed by atoms with E-state index < -0.39 is 0 Å². The van der Waals surface area contributed by atoms with E-state index in [0.29, 0.717) is 17.6 Å². The number of nitrogens with zero attached hydrogens (tertiary/aromatic N) is 1. The summed E-state index contributed by atoms with van der Waals surface area (Å²) in [5.74, 6) is 0.796. The number of ether oxygens (including phenoxy) is 1. The van der Waals surface area contributed by atoms with Crippen LogP contribution in [0.25, 0.3) is 0 Å². The average molecular weight is 268 g/mol. The maximum atomic E-state index is 5.55. The van der Waals surface area contributed by atoms with Gasteiger partial charge in [-0.2, -0.15) is 0 Å². The third kappa shape index (κ3) is 4.17. The van der Waals surface area contributed by atoms with E-state index in [1.54, 1.807) is 0 Å². The predicted octanol–water partition coefficient (Wildman–Crippen LogP) is 2.51. The molecule has 112 valence electrons. The number of hydrogen-bond acceptors (Lipinski definition) is 3. The number of piperidine rings is 1. The molecule has 2 fully saturated rings. The smallest absolute Gasteiger partial charge is 0.0698 e. The molecule has 1 saturated carbocycles. The van der Waals surface area contributed by atoms with Gasteiger partial charge in [-0.3, -0.25) is 0 Å². The van der Waals surface area contributed by atoms with Crippen molar-refractivity contribution >= 4 is 0 Å². The molecule has 3 nitrogen and oxygen atoms in total. The van der Waals surface area contributed by atoms with Gasteiger partial charge < -0.3 is 15.0 Å². The molecule has 2 aliphatic rings. The Morgan fingerprint density at radius 1 is 1.32 bits per heavy atom. The minimum absolute atomic E-state index is 0.457. The summed E-state index contributed by atoms with van der Waals surface area (Å²) in [6, 6.07) is 0.705. The molecule has 0 aromatic heterocycles. The molecule has 1 aliphatic heterocycles. The number of hydrogen-bond donors (Lipinski definition) is 1. The van der Waals surface area contributed by atoms with Gasteiger partial charge in [0, 0.05) is 26.2 Å². The number of methoxy groups -OCH3 is 1. The van der Waals surface area contributed by atoms with Crippen molar-refractivity contribution in [2.75, 3.05) is 33.8 Å². The van der Waals surface area contributed by atoms with Crippen LogP contribution in [0.15, 0.2) is 0 Å². The highest BCUT2D eigenvalue weighted by molar-refractivity contribution is 4.90. The van der Waals surface area contributed by atoms with Crippen molar-refractivity contribution in [2.45, 2.75) is 58.1 Å². The van der Waals surface area contributed by atoms with Crippen molar-refractivity contribution in [3.05, 3.63) is 0 Å². The quantitative estimate of drug-likeness (QED) is 0.848. The van der Waals surface area contributed by atoms with E-state index in [2.05, 4.69) is 31.1 Å². The number of nitrogens with one attached hydrogen (secondary N) is 1. The van der Waals surface area contributed by atoms with Gasteiger partial charge in [0.2, 0.25) is 0 Å². The average Bonchev–Trinajstić information content (AvgIpc) is 2.38. The topological polar surface area (TPSA) is 24.5 Å². The van der Waals surface area contributed by atoms with Gasteiger partial charge in [0.25, 0.3) is 0 Å². The maximum absolute atomic E-state index is 5.55. The van der Waals surface area contributed by atoms with Gasteiger partial charge in [-0.05, 0) is 57.0 Å². The molecule has 1 saturated heterocycles. The van der Waals surface area contributed by atoms with Crippen molar-refractivity contribution in [1.29, 1.82) is 0 Å². The Balaban J connectivity index is 1.91. The molecule has 0 amide bonds. The zero-order valence-corrected chi connectivity index (χ0v) is 13.2. The Morgan fingerprint density at radius 3 is 2.79 bits per heavy atom. The Hall–Kier alpha value is -0.120. The molecule has 0 spiro atoms. The minimum Gasteiger partial charge on any atom is -0.380 e. The summed E-state index contributed by atoms with van der Waals surface area (Å²) < 4.78 is 5.55. The molecule has 0 bridgehead atoms. The zero-order valence-electron chi connectivity index (χ0n) is 13.2. The zero-order chi connectivity index (χ0) is 13.9. The molecule has 3 atom stereocenters. The molecule has 1 aliphatic carbocycles. The van der Waals surface area contributed by atoms with E-state index in [4.69, 9.17) is 4.74 Å². The van der Waals surface area contributed by atoms with E-state index in [-0.39, 0.29) is 0 Å². The van der Waals surface area contributed by atoms with Crippen molar-refractivity contribution in [3.8, 4) is 0 Å². The third-order valence-corrected chi connectivity index (χ3v) is 5.18. The van der Waals surface area contributed by atoms with Crippen LogP contribution in [0.3, 0.4) is 0 Å². The summed E-state index contributed by atoms with van der Waals surface area (Å²) in [4.78, 5) is 2.63. The monoisotopic (exact) mass is 268 g/mol. The fourth-order valence-electron chi connectivity index (χ4n) is 4.01. The summed E-state index contributed by atoms with van der Waals surface area (Å²) in [6.07, 6.45) is 7.02. The van der Waals surface area contributed by atoms with Crippen molar-refractivity contribution < 1.29 is 4.74 Å². The van der Waals surface area contributed by atoms with Crippen molar-refractivity contribution in [3.63, 3.8) is 0 Å². The van der Waals surface area contributed by atoms with Crippen LogP contribution in [-0.4, -0.2) is 50.8 Å². The largest absolute Gasteiger partial charge is 0.380 e. The second kappa shape index (κ2) is 6.55. The highest BCUT2D eigenvalue weighted by Gasteiger charge is 2.35. The minimum atomic E-state index is 0.457. The molecule has 1 heterocycles. The Morgan fingerprint density at radius 2 is 2.11 bits per heavy atom. The van der Waals surface area contributed by atoms with Gasteiger partial charge in [-0.15, -0.1) is 0 Å². The van der Waals surface area contributed by atoms with Gasteiger partial charge in [0.1, 0.15) is 0 Å². The lowest BCUT2D eigenvalue weighted by atomic mass is 9.69. The van der Waals surface area contributed by atoms with Crippen LogP contribution in [-0.2, 0) is 4.74 Å². The van der Waals surface area contributed by atoms with Gasteiger partial charge in [0.05, 0.1) is 6.10 Å². The van der Waals surface area contributed by atoms with Crippen molar-refractivity contribution in [1.82, 2.24) is 10.2 Å². The second-order valence-corrected chi connectivity index (χ2v) is 7.32. The number of likely N-dealkylation sites (tertiary alicyclic amines) is 1. The summed E-state index contributed by atoms with van der Waals surface area (Å²) in [5, 5.41) is 3.55. The standard InChI is InChI=1S/C16H32N2O/c1-16(2)8-7-15(17-3)13(10-16)11-18-9-5-6-14(12-18)19-4/h13-15,17H,5-12H2,1-4H3. The molecule has 19 heavy (non-hydrogen) atoms. The Labute approximate surface area is 119 Å². The van der Waals surface area contributed by atoms with Crippen molar-refractivity contribution in [2.24, 2.45) is 11.3 Å². The van der Waals surface area contributed by atoms with Crippen LogP contribution < -0.4 is 5.32 Å². The maximum Gasteiger partial charge on any atom is 0.0698 e. The van der Waals surface area contributed by atoms with E-state index in [1.807, 2.05) is 7.11 Å². The summed E-state index contributed by atoms with van der Waals surface area (Å²) in [6.45, 7) is 8.49. The predicted molar refractivity (Wildman–Crippen MR) is 80.4 cm³/mol. The fraction of sp³-hybridized carbons (Fsp3) is 1.00. The Kier molecular flexibility index (Phi) is 5.27. The Bertz CT molecular complexity index is 280. The second-order valence-electron chi connectivity index (χ2n) is 7.32. The van der Waals surface area contributed by atoms with Gasteiger partial charge in [-0.25, -0.2) is 0 Å². The first-order valence-electron chi connectivity index (χ1n) is 7.96. The van der Waals surface area contributed by atoms with E-state index in [9.17, 15) is 0 Å². The molecule has 0 aromatic rings. The highest BCUT2D eigenvalue weighted by atomic mass is 16.5. The van der Waals surface area contributed by atoms with E-state index in [1.165, 1.54) is 45.2 Å². The lowest BCUT2D eigenvalue weighted by Gasteiger charge is -2.44. The molecule has 3 heteroatoms. The van der Waals surface area contributed by atoms with Crippen LogP contribution >= 0.6 is 0 Å². The molecule has 3 unspecified atom stereocenters. The lowest BCUT2D eigenvalue weighted by molar-refractivity contribution is 0.0146. The van der Waals surface area contributed by atoms with Crippen LogP contribution in [0.5, 0.6) is 0 Å². The summed E-state index contributed by atoms with van der Waals surface area (Å²) in [7, 11) is 3.98. The van der Waals surface area contributed by atoms with Gasteiger partial charge in [0.15, 0.2) is 0 Å². The normalized spacial score (nSPS) is 36.3. The first-order chi connectivity index (χ1) is 9.04. The summed E-state index contributed by atoms with van der Waals surface area (Å²) >= 11 is 0. The molecule has 2 rings (SSSR count). The van der Waals surface area contributed by atoms with Crippen LogP contribution in [0.4, 0.5) is 0 Å². The lowest BCUT2D eigenvalue weighted by Crippen LogP contribution is -2.49. The van der Waals surface area contributed by atoms with E-state index in [0.717, 1.165) is 12.5 Å². The molecular formula is C16H32N2O. The molecule has 0 radical (unpaired) electrons. The van der Waals surface area contributed by atoms with Crippen LogP contribution in [0.2, 0.25) is 0 Å². The molecule has 1 N–H and O–H groups in total. The van der Waals surface area contributed by atoms with Gasteiger partial charge in [-0.1, -0.05) is 13.8 Å². The third-order valence-electron chi connectivity index (χ3n) is 5.18. The SMILES string of the molecule is CNC1CCC(C)(C)CC1CN1CCCC(OC)C1. The molecule has 0 aromatic carbocycles. The first-order valence-corrected chi connectivity index (χ1v) is 7.96. The fourth-order valence-corrected chi connectivity index (χ4v) is 4.01. The number of rotatable bonds is 4. The van der Waals surface area contributed by atoms with Crippen LogP contribution in [0.1, 0.15) is 46.0 Å². The van der Waals surface area contributed by atoms with Crippen LogP contribution in [0, 0.1) is 11.3 Å². The molecular weight excluding hydrogens is 236 g/mol. The summed E-state index contributed by atoms with van der Waals surface area (Å²) in [5.41, 5.74) is 0.522. The van der Waals surface area contributed by atoms with E-state index >= 15 is 0 Å². The first kappa shape index (κ1) is 15.3. The van der Waals surface area contributed by atoms with Gasteiger partial charge >= 0.3 is 0 Å².